The molecule has 0 aliphatic rings. The van der Waals surface area contributed by atoms with E-state index in [2.05, 4.69) is 26.2 Å². The maximum Gasteiger partial charge on any atom is 0.257 e. The zero-order valence-corrected chi connectivity index (χ0v) is 11.9. The van der Waals surface area contributed by atoms with Crippen molar-refractivity contribution in [2.45, 2.75) is 6.92 Å². The number of benzene rings is 1. The molecular weight excluding hydrogens is 316 g/mol. The van der Waals surface area contributed by atoms with Gasteiger partial charge >= 0.3 is 0 Å². The summed E-state index contributed by atoms with van der Waals surface area (Å²) in [5.41, 5.74) is 1.97. The van der Waals surface area contributed by atoms with Crippen molar-refractivity contribution in [2.75, 3.05) is 5.32 Å². The molecule has 0 fully saturated rings. The molecule has 0 aliphatic carbocycles. The first-order valence-electron chi connectivity index (χ1n) is 5.26. The quantitative estimate of drug-likeness (QED) is 0.905. The van der Waals surface area contributed by atoms with E-state index in [0.717, 1.165) is 5.69 Å². The van der Waals surface area contributed by atoms with Crippen LogP contribution in [-0.2, 0) is 0 Å². The van der Waals surface area contributed by atoms with Gasteiger partial charge in [0.2, 0.25) is 0 Å². The highest BCUT2D eigenvalue weighted by Crippen LogP contribution is 2.26. The van der Waals surface area contributed by atoms with Gasteiger partial charge in [-0.25, -0.2) is 0 Å². The summed E-state index contributed by atoms with van der Waals surface area (Å²) in [5.74, 6) is -0.244. The first-order valence-corrected chi connectivity index (χ1v) is 6.43. The van der Waals surface area contributed by atoms with E-state index in [1.54, 1.807) is 36.5 Å². The molecule has 0 saturated carbocycles. The Bertz CT molecular complexity index is 601. The summed E-state index contributed by atoms with van der Waals surface area (Å²) in [6, 6.07) is 8.76. The van der Waals surface area contributed by atoms with Gasteiger partial charge in [0.25, 0.3) is 5.91 Å². The highest BCUT2D eigenvalue weighted by molar-refractivity contribution is 9.10. The predicted molar refractivity (Wildman–Crippen MR) is 76.1 cm³/mol. The molecule has 0 spiro atoms. The smallest absolute Gasteiger partial charge is 0.257 e. The number of amides is 1. The van der Waals surface area contributed by atoms with Crippen LogP contribution < -0.4 is 5.32 Å². The molecule has 2 rings (SSSR count). The first-order chi connectivity index (χ1) is 8.58. The number of halogens is 2. The molecule has 0 saturated heterocycles. The van der Waals surface area contributed by atoms with Crippen LogP contribution in [0.25, 0.3) is 0 Å². The fourth-order valence-corrected chi connectivity index (χ4v) is 2.08. The van der Waals surface area contributed by atoms with Crippen molar-refractivity contribution in [3.63, 3.8) is 0 Å². The molecule has 0 atom stereocenters. The number of aromatic nitrogens is 1. The minimum atomic E-state index is -0.244. The monoisotopic (exact) mass is 324 g/mol. The Hall–Kier alpha value is -1.39. The van der Waals surface area contributed by atoms with E-state index in [9.17, 15) is 4.79 Å². The minimum Gasteiger partial charge on any atom is -0.322 e. The van der Waals surface area contributed by atoms with Gasteiger partial charge in [0.05, 0.1) is 10.6 Å². The maximum atomic E-state index is 12.1. The molecule has 2 aromatic rings. The lowest BCUT2D eigenvalue weighted by Crippen LogP contribution is -2.12. The Morgan fingerprint density at radius 1 is 1.39 bits per heavy atom. The third-order valence-electron chi connectivity index (χ3n) is 2.35. The molecule has 1 aromatic carbocycles. The average molecular weight is 326 g/mol. The number of hydrogen-bond acceptors (Lipinski definition) is 2. The standard InChI is InChI=1S/C13H10BrClN2O/c1-8-7-9(5-6-16-8)17-13(18)10-3-2-4-11(14)12(10)15/h2-7H,1H3,(H,16,17,18). The molecule has 3 nitrogen and oxygen atoms in total. The highest BCUT2D eigenvalue weighted by atomic mass is 79.9. The SMILES string of the molecule is Cc1cc(NC(=O)c2cccc(Br)c2Cl)ccn1. The minimum absolute atomic E-state index is 0.244. The van der Waals surface area contributed by atoms with Gasteiger partial charge in [-0.1, -0.05) is 17.7 Å². The van der Waals surface area contributed by atoms with Gasteiger partial charge < -0.3 is 5.32 Å². The van der Waals surface area contributed by atoms with Gasteiger partial charge in [0.15, 0.2) is 0 Å². The molecule has 18 heavy (non-hydrogen) atoms. The van der Waals surface area contributed by atoms with Crippen LogP contribution in [0.1, 0.15) is 16.1 Å². The number of hydrogen-bond donors (Lipinski definition) is 1. The van der Waals surface area contributed by atoms with E-state index in [1.807, 2.05) is 6.92 Å². The van der Waals surface area contributed by atoms with E-state index in [1.165, 1.54) is 0 Å². The first kappa shape index (κ1) is 13.1. The third kappa shape index (κ3) is 2.89. The summed E-state index contributed by atoms with van der Waals surface area (Å²) in [6.45, 7) is 1.86. The lowest BCUT2D eigenvalue weighted by atomic mass is 10.2. The van der Waals surface area contributed by atoms with E-state index in [4.69, 9.17) is 11.6 Å². The van der Waals surface area contributed by atoms with Crippen molar-refractivity contribution < 1.29 is 4.79 Å². The molecule has 5 heteroatoms. The molecule has 1 heterocycles. The fourth-order valence-electron chi connectivity index (χ4n) is 1.50. The molecule has 1 amide bonds. The number of nitrogens with one attached hydrogen (secondary N) is 1. The van der Waals surface area contributed by atoms with Gasteiger partial charge in [-0.05, 0) is 47.1 Å². The van der Waals surface area contributed by atoms with Crippen LogP contribution in [0.5, 0.6) is 0 Å². The number of aryl methyl sites for hydroxylation is 1. The van der Waals surface area contributed by atoms with Crippen molar-refractivity contribution in [1.29, 1.82) is 0 Å². The summed E-state index contributed by atoms with van der Waals surface area (Å²) in [5, 5.41) is 3.19. The van der Waals surface area contributed by atoms with Crippen molar-refractivity contribution in [3.8, 4) is 0 Å². The van der Waals surface area contributed by atoms with Gasteiger partial charge in [-0.2, -0.15) is 0 Å². The normalized spacial score (nSPS) is 10.2. The Kier molecular flexibility index (Phi) is 3.99. The largest absolute Gasteiger partial charge is 0.322 e. The second-order valence-electron chi connectivity index (χ2n) is 3.74. The van der Waals surface area contributed by atoms with Crippen LogP contribution in [0.2, 0.25) is 5.02 Å². The number of carbonyl (C=O) groups is 1. The number of pyridine rings is 1. The van der Waals surface area contributed by atoms with Crippen LogP contribution in [0, 0.1) is 6.92 Å². The Morgan fingerprint density at radius 2 is 2.17 bits per heavy atom. The van der Waals surface area contributed by atoms with Crippen molar-refractivity contribution in [1.82, 2.24) is 4.98 Å². The maximum absolute atomic E-state index is 12.1. The lowest BCUT2D eigenvalue weighted by Gasteiger charge is -2.07. The van der Waals surface area contributed by atoms with Gasteiger partial charge in [-0.15, -0.1) is 0 Å². The van der Waals surface area contributed by atoms with Crippen LogP contribution in [0.4, 0.5) is 5.69 Å². The molecule has 92 valence electrons. The van der Waals surface area contributed by atoms with Crippen LogP contribution in [0.3, 0.4) is 0 Å². The Morgan fingerprint density at radius 3 is 2.89 bits per heavy atom. The van der Waals surface area contributed by atoms with Crippen molar-refractivity contribution in [3.05, 3.63) is 57.3 Å². The van der Waals surface area contributed by atoms with Gasteiger partial charge in [0.1, 0.15) is 0 Å². The number of rotatable bonds is 2. The number of nitrogens with zero attached hydrogens (tertiary/aromatic N) is 1. The third-order valence-corrected chi connectivity index (χ3v) is 3.65. The second-order valence-corrected chi connectivity index (χ2v) is 4.97. The summed E-state index contributed by atoms with van der Waals surface area (Å²) in [7, 11) is 0. The van der Waals surface area contributed by atoms with Crippen LogP contribution in [0.15, 0.2) is 41.0 Å². The van der Waals surface area contributed by atoms with Crippen LogP contribution >= 0.6 is 27.5 Å². The zero-order chi connectivity index (χ0) is 13.1. The molecule has 0 bridgehead atoms. The summed E-state index contributed by atoms with van der Waals surface area (Å²) in [4.78, 5) is 16.1. The Balaban J connectivity index is 2.25. The molecule has 0 radical (unpaired) electrons. The van der Waals surface area contributed by atoms with Crippen molar-refractivity contribution in [2.24, 2.45) is 0 Å². The van der Waals surface area contributed by atoms with Crippen LogP contribution in [-0.4, -0.2) is 10.9 Å². The Labute approximate surface area is 118 Å². The highest BCUT2D eigenvalue weighted by Gasteiger charge is 2.12. The van der Waals surface area contributed by atoms with E-state index in [-0.39, 0.29) is 5.91 Å². The van der Waals surface area contributed by atoms with E-state index >= 15 is 0 Å². The summed E-state index contributed by atoms with van der Waals surface area (Å²) < 4.78 is 0.697. The molecule has 0 aliphatic heterocycles. The summed E-state index contributed by atoms with van der Waals surface area (Å²) in [6.07, 6.45) is 1.65. The van der Waals surface area contributed by atoms with Gasteiger partial charge in [0, 0.05) is 22.1 Å². The molecular formula is C13H10BrClN2O. The lowest BCUT2D eigenvalue weighted by molar-refractivity contribution is 0.102. The molecule has 1 N–H and O–H groups in total. The summed E-state index contributed by atoms with van der Waals surface area (Å²) >= 11 is 9.35. The topological polar surface area (TPSA) is 42.0 Å². The number of carbonyl (C=O) groups excluding carboxylic acids is 1. The number of anilines is 1. The second kappa shape index (κ2) is 5.50. The fraction of sp³-hybridized carbons (Fsp3) is 0.0769. The predicted octanol–water partition coefficient (Wildman–Crippen LogP) is 4.06. The van der Waals surface area contributed by atoms with E-state index < -0.39 is 0 Å². The zero-order valence-electron chi connectivity index (χ0n) is 9.58. The molecule has 1 aromatic heterocycles. The van der Waals surface area contributed by atoms with E-state index in [0.29, 0.717) is 20.7 Å². The van der Waals surface area contributed by atoms with Crippen molar-refractivity contribution >= 4 is 39.1 Å². The van der Waals surface area contributed by atoms with Gasteiger partial charge in [-0.3, -0.25) is 9.78 Å². The molecule has 0 unspecified atom stereocenters. The average Bonchev–Trinajstić information content (AvgIpc) is 2.32.